The van der Waals surface area contributed by atoms with Gasteiger partial charge in [-0.2, -0.15) is 4.98 Å². The quantitative estimate of drug-likeness (QED) is 0.133. The van der Waals surface area contributed by atoms with Gasteiger partial charge in [-0.3, -0.25) is 9.59 Å². The van der Waals surface area contributed by atoms with E-state index in [1.807, 2.05) is 66.7 Å². The molecule has 0 aliphatic rings. The molecular weight excluding hydrogens is 490 g/mol. The lowest BCUT2D eigenvalue weighted by molar-refractivity contribution is -0.143. The molecule has 1 atom stereocenters. The predicted molar refractivity (Wildman–Crippen MR) is 152 cm³/mol. The highest BCUT2D eigenvalue weighted by molar-refractivity contribution is 5.96. The molecule has 0 aliphatic carbocycles. The van der Waals surface area contributed by atoms with Crippen LogP contribution in [-0.2, 0) is 9.53 Å². The molecule has 1 aromatic heterocycles. The number of benzene rings is 3. The third kappa shape index (κ3) is 7.87. The molecule has 4 aromatic rings. The van der Waals surface area contributed by atoms with E-state index < -0.39 is 0 Å². The number of ether oxygens (including phenoxy) is 1. The van der Waals surface area contributed by atoms with Crippen LogP contribution in [0.5, 0.6) is 0 Å². The van der Waals surface area contributed by atoms with E-state index >= 15 is 0 Å². The second kappa shape index (κ2) is 14.0. The van der Waals surface area contributed by atoms with Crippen LogP contribution in [-0.4, -0.2) is 28.5 Å². The van der Waals surface area contributed by atoms with E-state index in [-0.39, 0.29) is 24.2 Å². The maximum atomic E-state index is 12.5. The molecule has 1 N–H and O–H groups in total. The highest BCUT2D eigenvalue weighted by atomic mass is 16.5. The normalized spacial score (nSPS) is 11.6. The highest BCUT2D eigenvalue weighted by Crippen LogP contribution is 2.28. The summed E-state index contributed by atoms with van der Waals surface area (Å²) < 4.78 is 10.4. The lowest BCUT2D eigenvalue weighted by Gasteiger charge is -2.21. The number of aromatic nitrogens is 2. The number of nitrogens with one attached hydrogen (secondary N) is 1. The number of rotatable bonds is 14. The first-order valence-electron chi connectivity index (χ1n) is 13.6. The van der Waals surface area contributed by atoms with Gasteiger partial charge in [-0.05, 0) is 61.7 Å². The van der Waals surface area contributed by atoms with Crippen molar-refractivity contribution in [1.29, 1.82) is 0 Å². The van der Waals surface area contributed by atoms with Crippen LogP contribution >= 0.6 is 0 Å². The molecule has 3 aromatic carbocycles. The van der Waals surface area contributed by atoms with Crippen LogP contribution < -0.4 is 5.32 Å². The average molecular weight is 526 g/mol. The van der Waals surface area contributed by atoms with E-state index in [0.29, 0.717) is 36.7 Å². The van der Waals surface area contributed by atoms with Gasteiger partial charge in [0.15, 0.2) is 5.78 Å². The monoisotopic (exact) mass is 525 g/mol. The Balaban J connectivity index is 1.39. The van der Waals surface area contributed by atoms with Crippen molar-refractivity contribution in [1.82, 2.24) is 10.1 Å². The molecule has 0 saturated heterocycles. The van der Waals surface area contributed by atoms with Crippen molar-refractivity contribution in [3.05, 3.63) is 90.0 Å². The summed E-state index contributed by atoms with van der Waals surface area (Å²) in [6.07, 6.45) is 4.24. The lowest BCUT2D eigenvalue weighted by Crippen LogP contribution is -2.11. The smallest absolute Gasteiger partial charge is 0.305 e. The second-order valence-corrected chi connectivity index (χ2v) is 9.41. The summed E-state index contributed by atoms with van der Waals surface area (Å²) in [5.41, 5.74) is 4.55. The molecule has 0 spiro atoms. The molecule has 0 amide bonds. The van der Waals surface area contributed by atoms with Crippen LogP contribution in [0.3, 0.4) is 0 Å². The van der Waals surface area contributed by atoms with Crippen molar-refractivity contribution in [2.75, 3.05) is 11.9 Å². The molecule has 0 saturated carbocycles. The van der Waals surface area contributed by atoms with E-state index in [4.69, 9.17) is 9.26 Å². The number of carbonyl (C=O) groups excluding carboxylic acids is 2. The van der Waals surface area contributed by atoms with Crippen LogP contribution in [0, 0.1) is 0 Å². The molecule has 0 radical (unpaired) electrons. The fourth-order valence-electron chi connectivity index (χ4n) is 4.36. The number of ketones is 1. The Morgan fingerprint density at radius 2 is 1.62 bits per heavy atom. The van der Waals surface area contributed by atoms with Crippen molar-refractivity contribution in [2.45, 2.75) is 58.4 Å². The zero-order valence-electron chi connectivity index (χ0n) is 22.6. The molecule has 0 bridgehead atoms. The number of hydrogen-bond donors (Lipinski definition) is 1. The van der Waals surface area contributed by atoms with Gasteiger partial charge >= 0.3 is 5.97 Å². The van der Waals surface area contributed by atoms with Crippen LogP contribution in [0.15, 0.2) is 83.4 Å². The lowest BCUT2D eigenvalue weighted by atomic mass is 9.99. The minimum atomic E-state index is -0.259. The summed E-state index contributed by atoms with van der Waals surface area (Å²) in [4.78, 5) is 28.6. The summed E-state index contributed by atoms with van der Waals surface area (Å²) >= 11 is 0. The molecular formula is C32H35N3O4. The van der Waals surface area contributed by atoms with Crippen LogP contribution in [0.25, 0.3) is 22.8 Å². The first-order chi connectivity index (χ1) is 19.1. The van der Waals surface area contributed by atoms with Crippen molar-refractivity contribution in [2.24, 2.45) is 0 Å². The molecule has 0 unspecified atom stereocenters. The third-order valence-corrected chi connectivity index (χ3v) is 6.50. The molecule has 1 heterocycles. The van der Waals surface area contributed by atoms with E-state index in [0.717, 1.165) is 41.6 Å². The number of nitrogens with zero attached hydrogens (tertiary/aromatic N) is 2. The SMILES string of the molecule is CCCC[C@@H](Nc1ccc(C(=O)CCCC(=O)OCC)cc1)c1ccc(-c2noc(-c3ccccc3)n2)cc1. The van der Waals surface area contributed by atoms with Gasteiger partial charge < -0.3 is 14.6 Å². The number of Topliss-reactive ketones (excluding diaryl/α,β-unsaturated/α-hetero) is 1. The number of unbranched alkanes of at least 4 members (excludes halogenated alkanes) is 1. The fraction of sp³-hybridized carbons (Fsp3) is 0.312. The van der Waals surface area contributed by atoms with E-state index in [1.165, 1.54) is 0 Å². The molecule has 4 rings (SSSR count). The van der Waals surface area contributed by atoms with Crippen LogP contribution in [0.4, 0.5) is 5.69 Å². The number of hydrogen-bond acceptors (Lipinski definition) is 7. The maximum absolute atomic E-state index is 12.5. The molecule has 7 heteroatoms. The summed E-state index contributed by atoms with van der Waals surface area (Å²) in [5, 5.41) is 7.79. The Hall–Kier alpha value is -4.26. The molecule has 0 aliphatic heterocycles. The van der Waals surface area contributed by atoms with Crippen molar-refractivity contribution < 1.29 is 18.8 Å². The highest BCUT2D eigenvalue weighted by Gasteiger charge is 2.15. The molecule has 202 valence electrons. The Bertz CT molecular complexity index is 1330. The molecule has 39 heavy (non-hydrogen) atoms. The molecule has 7 nitrogen and oxygen atoms in total. The van der Waals surface area contributed by atoms with Crippen molar-refractivity contribution >= 4 is 17.4 Å². The van der Waals surface area contributed by atoms with E-state index in [9.17, 15) is 9.59 Å². The summed E-state index contributed by atoms with van der Waals surface area (Å²) in [5.74, 6) is 0.824. The summed E-state index contributed by atoms with van der Waals surface area (Å²) in [6, 6.07) is 25.7. The van der Waals surface area contributed by atoms with Gasteiger partial charge in [0, 0.05) is 35.2 Å². The predicted octanol–water partition coefficient (Wildman–Crippen LogP) is 7.66. The van der Waals surface area contributed by atoms with Gasteiger partial charge in [0.25, 0.3) is 5.89 Å². The number of anilines is 1. The summed E-state index contributed by atoms with van der Waals surface area (Å²) in [6.45, 7) is 4.32. The Kier molecular flexibility index (Phi) is 10.0. The second-order valence-electron chi connectivity index (χ2n) is 9.41. The van der Waals surface area contributed by atoms with Crippen molar-refractivity contribution in [3.8, 4) is 22.8 Å². The van der Waals surface area contributed by atoms with Gasteiger partial charge in [-0.25, -0.2) is 0 Å². The largest absolute Gasteiger partial charge is 0.466 e. The number of carbonyl (C=O) groups is 2. The van der Waals surface area contributed by atoms with E-state index in [2.05, 4.69) is 34.5 Å². The van der Waals surface area contributed by atoms with Gasteiger partial charge in [-0.15, -0.1) is 0 Å². The fourth-order valence-corrected chi connectivity index (χ4v) is 4.36. The maximum Gasteiger partial charge on any atom is 0.305 e. The van der Waals surface area contributed by atoms with Crippen LogP contribution in [0.1, 0.15) is 74.3 Å². The van der Waals surface area contributed by atoms with Gasteiger partial charge in [0.2, 0.25) is 5.82 Å². The van der Waals surface area contributed by atoms with Crippen LogP contribution in [0.2, 0.25) is 0 Å². The molecule has 0 fully saturated rings. The topological polar surface area (TPSA) is 94.3 Å². The third-order valence-electron chi connectivity index (χ3n) is 6.50. The van der Waals surface area contributed by atoms with Gasteiger partial charge in [-0.1, -0.05) is 67.4 Å². The Labute approximate surface area is 229 Å². The van der Waals surface area contributed by atoms with Gasteiger partial charge in [0.1, 0.15) is 0 Å². The zero-order valence-corrected chi connectivity index (χ0v) is 22.6. The van der Waals surface area contributed by atoms with Gasteiger partial charge in [0.05, 0.1) is 12.6 Å². The standard InChI is InChI=1S/C32H35N3O4/c1-3-5-12-28(33-27-21-19-24(20-22-27)29(36)13-9-14-30(37)38-4-2)23-15-17-25(18-16-23)31-34-32(39-35-31)26-10-7-6-8-11-26/h6-8,10-11,15-22,28,33H,3-5,9,12-14H2,1-2H3/t28-/m1/s1. The summed E-state index contributed by atoms with van der Waals surface area (Å²) in [7, 11) is 0. The average Bonchev–Trinajstić information content (AvgIpc) is 3.47. The zero-order chi connectivity index (χ0) is 27.5. The van der Waals surface area contributed by atoms with E-state index in [1.54, 1.807) is 6.92 Å². The number of esters is 1. The first kappa shape index (κ1) is 27.8. The Morgan fingerprint density at radius 3 is 2.31 bits per heavy atom. The Morgan fingerprint density at radius 1 is 0.872 bits per heavy atom. The minimum absolute atomic E-state index is 0.0286. The minimum Gasteiger partial charge on any atom is -0.466 e. The first-order valence-corrected chi connectivity index (χ1v) is 13.6. The van der Waals surface area contributed by atoms with Crippen molar-refractivity contribution in [3.63, 3.8) is 0 Å².